The monoisotopic (exact) mass is 196 g/mol. The van der Waals surface area contributed by atoms with Gasteiger partial charge in [-0.15, -0.1) is 0 Å². The van der Waals surface area contributed by atoms with E-state index in [1.54, 1.807) is 0 Å². The maximum Gasteiger partial charge on any atom is 0.252 e. The Bertz CT molecular complexity index is 375. The molecule has 1 aromatic carbocycles. The summed E-state index contributed by atoms with van der Waals surface area (Å²) in [5, 5.41) is 18.5. The van der Waals surface area contributed by atoms with Gasteiger partial charge in [-0.3, -0.25) is 9.59 Å². The van der Waals surface area contributed by atoms with E-state index in [2.05, 4.69) is 0 Å². The van der Waals surface area contributed by atoms with Crippen molar-refractivity contribution in [3.05, 3.63) is 23.3 Å². The highest BCUT2D eigenvalue weighted by molar-refractivity contribution is 6.01. The Morgan fingerprint density at radius 3 is 1.43 bits per heavy atom. The van der Waals surface area contributed by atoms with Crippen molar-refractivity contribution < 1.29 is 19.8 Å². The molecule has 0 unspecified atom stereocenters. The normalized spacial score (nSPS) is 9.71. The van der Waals surface area contributed by atoms with E-state index in [4.69, 9.17) is 11.5 Å². The Labute approximate surface area is 78.8 Å². The summed E-state index contributed by atoms with van der Waals surface area (Å²) in [5.74, 6) is -3.30. The molecule has 0 atom stereocenters. The van der Waals surface area contributed by atoms with Gasteiger partial charge >= 0.3 is 0 Å². The summed E-state index contributed by atoms with van der Waals surface area (Å²) in [6.45, 7) is 0. The van der Waals surface area contributed by atoms with E-state index in [9.17, 15) is 19.8 Å². The van der Waals surface area contributed by atoms with E-state index in [1.807, 2.05) is 0 Å². The zero-order valence-electron chi connectivity index (χ0n) is 7.02. The molecule has 0 spiro atoms. The van der Waals surface area contributed by atoms with E-state index >= 15 is 0 Å². The molecule has 6 heteroatoms. The predicted octanol–water partition coefficient (Wildman–Crippen LogP) is -0.704. The van der Waals surface area contributed by atoms with Gasteiger partial charge in [0, 0.05) is 0 Å². The number of rotatable bonds is 2. The minimum absolute atomic E-state index is 0.271. The minimum Gasteiger partial charge on any atom is -0.504 e. The summed E-state index contributed by atoms with van der Waals surface area (Å²) in [7, 11) is 0. The average Bonchev–Trinajstić information content (AvgIpc) is 2.08. The van der Waals surface area contributed by atoms with Gasteiger partial charge < -0.3 is 21.7 Å². The van der Waals surface area contributed by atoms with E-state index in [0.717, 1.165) is 12.1 Å². The van der Waals surface area contributed by atoms with Crippen molar-refractivity contribution in [3.8, 4) is 11.5 Å². The van der Waals surface area contributed by atoms with Crippen molar-refractivity contribution in [2.45, 2.75) is 0 Å². The highest BCUT2D eigenvalue weighted by Gasteiger charge is 2.17. The van der Waals surface area contributed by atoms with Gasteiger partial charge in [0.2, 0.25) is 0 Å². The zero-order chi connectivity index (χ0) is 10.9. The molecule has 0 aliphatic carbocycles. The van der Waals surface area contributed by atoms with Crippen molar-refractivity contribution in [2.24, 2.45) is 11.5 Å². The zero-order valence-corrected chi connectivity index (χ0v) is 7.02. The van der Waals surface area contributed by atoms with E-state index in [0.29, 0.717) is 0 Å². The number of phenols is 2. The molecular formula is C8H8N2O4. The average molecular weight is 196 g/mol. The van der Waals surface area contributed by atoms with E-state index in [-0.39, 0.29) is 11.1 Å². The van der Waals surface area contributed by atoms with Crippen LogP contribution < -0.4 is 11.5 Å². The molecule has 6 N–H and O–H groups in total. The Hall–Kier alpha value is -2.24. The largest absolute Gasteiger partial charge is 0.504 e. The van der Waals surface area contributed by atoms with Gasteiger partial charge in [0.25, 0.3) is 11.8 Å². The topological polar surface area (TPSA) is 127 Å². The summed E-state index contributed by atoms with van der Waals surface area (Å²) in [5.41, 5.74) is 9.23. The Morgan fingerprint density at radius 1 is 0.929 bits per heavy atom. The standard InChI is InChI=1S/C8H8N2O4/c9-7(13)3-1-2-4(8(10)14)6(12)5(3)11/h1-2,11-12H,(H2,9,13)(H2,10,14). The third-order valence-corrected chi connectivity index (χ3v) is 1.68. The number of nitrogens with two attached hydrogens (primary N) is 2. The molecule has 0 saturated carbocycles. The van der Waals surface area contributed by atoms with Crippen LogP contribution in [-0.4, -0.2) is 22.0 Å². The van der Waals surface area contributed by atoms with E-state index in [1.165, 1.54) is 0 Å². The number of amides is 2. The lowest BCUT2D eigenvalue weighted by atomic mass is 10.1. The van der Waals surface area contributed by atoms with Gasteiger partial charge in [-0.1, -0.05) is 0 Å². The van der Waals surface area contributed by atoms with Crippen LogP contribution >= 0.6 is 0 Å². The second kappa shape index (κ2) is 3.25. The van der Waals surface area contributed by atoms with Crippen molar-refractivity contribution in [1.82, 2.24) is 0 Å². The molecular weight excluding hydrogens is 188 g/mol. The lowest BCUT2D eigenvalue weighted by molar-refractivity contribution is 0.0982. The quantitative estimate of drug-likeness (QED) is 0.466. The predicted molar refractivity (Wildman–Crippen MR) is 46.8 cm³/mol. The van der Waals surface area contributed by atoms with Gasteiger partial charge in [0.1, 0.15) is 0 Å². The summed E-state index contributed by atoms with van der Waals surface area (Å²) in [6, 6.07) is 2.22. The van der Waals surface area contributed by atoms with E-state index < -0.39 is 23.3 Å². The van der Waals surface area contributed by atoms with Gasteiger partial charge in [-0.05, 0) is 12.1 Å². The third-order valence-electron chi connectivity index (χ3n) is 1.68. The maximum atomic E-state index is 10.7. The molecule has 2 amide bonds. The van der Waals surface area contributed by atoms with Crippen LogP contribution in [0, 0.1) is 0 Å². The Morgan fingerprint density at radius 2 is 1.21 bits per heavy atom. The molecule has 0 aliphatic rings. The molecule has 0 fully saturated rings. The minimum atomic E-state index is -0.908. The molecule has 0 bridgehead atoms. The summed E-state index contributed by atoms with van der Waals surface area (Å²) in [6.07, 6.45) is 0. The molecule has 0 radical (unpaired) electrons. The first-order valence-electron chi connectivity index (χ1n) is 3.59. The Balaban J connectivity index is 3.41. The number of aromatic hydroxyl groups is 2. The molecule has 0 aromatic heterocycles. The van der Waals surface area contributed by atoms with Crippen LogP contribution in [0.1, 0.15) is 20.7 Å². The second-order valence-corrected chi connectivity index (χ2v) is 2.59. The first-order chi connectivity index (χ1) is 6.45. The number of hydrogen-bond donors (Lipinski definition) is 4. The molecule has 0 heterocycles. The number of benzene rings is 1. The van der Waals surface area contributed by atoms with Gasteiger partial charge in [-0.2, -0.15) is 0 Å². The fraction of sp³-hybridized carbons (Fsp3) is 0. The highest BCUT2D eigenvalue weighted by Crippen LogP contribution is 2.31. The SMILES string of the molecule is NC(=O)c1ccc(C(N)=O)c(O)c1O. The number of carbonyl (C=O) groups excluding carboxylic acids is 2. The van der Waals surface area contributed by atoms with Gasteiger partial charge in [0.15, 0.2) is 11.5 Å². The fourth-order valence-corrected chi connectivity index (χ4v) is 0.977. The van der Waals surface area contributed by atoms with Crippen LogP contribution in [0.4, 0.5) is 0 Å². The highest BCUT2D eigenvalue weighted by atomic mass is 16.3. The molecule has 0 saturated heterocycles. The molecule has 14 heavy (non-hydrogen) atoms. The first kappa shape index (κ1) is 9.85. The fourth-order valence-electron chi connectivity index (χ4n) is 0.977. The van der Waals surface area contributed by atoms with Gasteiger partial charge in [0.05, 0.1) is 11.1 Å². The molecule has 1 aromatic rings. The van der Waals surface area contributed by atoms with Crippen molar-refractivity contribution in [1.29, 1.82) is 0 Å². The molecule has 1 rings (SSSR count). The number of hydrogen-bond acceptors (Lipinski definition) is 4. The lowest BCUT2D eigenvalue weighted by Crippen LogP contribution is -2.14. The van der Waals surface area contributed by atoms with Crippen LogP contribution in [0.15, 0.2) is 12.1 Å². The third kappa shape index (κ3) is 1.45. The van der Waals surface area contributed by atoms with Crippen molar-refractivity contribution >= 4 is 11.8 Å². The summed E-state index contributed by atoms with van der Waals surface area (Å²) in [4.78, 5) is 21.4. The molecule has 0 aliphatic heterocycles. The van der Waals surface area contributed by atoms with Crippen LogP contribution in [0.5, 0.6) is 11.5 Å². The number of carbonyl (C=O) groups is 2. The number of primary amides is 2. The maximum absolute atomic E-state index is 10.7. The van der Waals surface area contributed by atoms with Crippen molar-refractivity contribution in [2.75, 3.05) is 0 Å². The molecule has 6 nitrogen and oxygen atoms in total. The lowest BCUT2D eigenvalue weighted by Gasteiger charge is -2.05. The summed E-state index contributed by atoms with van der Waals surface area (Å²) < 4.78 is 0. The molecule has 74 valence electrons. The summed E-state index contributed by atoms with van der Waals surface area (Å²) >= 11 is 0. The van der Waals surface area contributed by atoms with Crippen LogP contribution in [0.3, 0.4) is 0 Å². The Kier molecular flexibility index (Phi) is 2.29. The van der Waals surface area contributed by atoms with Gasteiger partial charge in [-0.25, -0.2) is 0 Å². The van der Waals surface area contributed by atoms with Crippen LogP contribution in [0.25, 0.3) is 0 Å². The van der Waals surface area contributed by atoms with Crippen molar-refractivity contribution in [3.63, 3.8) is 0 Å². The smallest absolute Gasteiger partial charge is 0.252 e. The first-order valence-corrected chi connectivity index (χ1v) is 3.59. The second-order valence-electron chi connectivity index (χ2n) is 2.59. The van der Waals surface area contributed by atoms with Crippen LogP contribution in [-0.2, 0) is 0 Å². The van der Waals surface area contributed by atoms with Crippen LogP contribution in [0.2, 0.25) is 0 Å².